The Morgan fingerprint density at radius 1 is 1.04 bits per heavy atom. The van der Waals surface area contributed by atoms with Crippen LogP contribution in [0.25, 0.3) is 0 Å². The number of aryl methyl sites for hydroxylation is 2. The van der Waals surface area contributed by atoms with E-state index in [4.69, 9.17) is 21.1 Å². The molecule has 0 saturated heterocycles. The Morgan fingerprint density at radius 3 is 2.42 bits per heavy atom. The third-order valence-corrected chi connectivity index (χ3v) is 4.26. The Kier molecular flexibility index (Phi) is 6.68. The highest BCUT2D eigenvalue weighted by Crippen LogP contribution is 2.27. The SMILES string of the molecule is CCC(=O)Oc1cccc(CC)c1COc1ccc(CC)c(Cl)c1. The van der Waals surface area contributed by atoms with E-state index in [9.17, 15) is 4.79 Å². The molecule has 0 saturated carbocycles. The molecule has 0 aliphatic rings. The van der Waals surface area contributed by atoms with Crippen LogP contribution in [-0.4, -0.2) is 5.97 Å². The van der Waals surface area contributed by atoms with Gasteiger partial charge in [-0.05, 0) is 42.2 Å². The van der Waals surface area contributed by atoms with Gasteiger partial charge >= 0.3 is 5.97 Å². The minimum absolute atomic E-state index is 0.250. The molecule has 0 N–H and O–H groups in total. The molecular formula is C20H23ClO3. The Hall–Kier alpha value is -2.00. The van der Waals surface area contributed by atoms with Crippen LogP contribution in [0.4, 0.5) is 0 Å². The fourth-order valence-corrected chi connectivity index (χ4v) is 2.76. The molecule has 128 valence electrons. The van der Waals surface area contributed by atoms with Crippen molar-refractivity contribution >= 4 is 17.6 Å². The van der Waals surface area contributed by atoms with E-state index in [2.05, 4.69) is 13.8 Å². The molecule has 0 amide bonds. The highest BCUT2D eigenvalue weighted by atomic mass is 35.5. The number of carbonyl (C=O) groups is 1. The lowest BCUT2D eigenvalue weighted by molar-refractivity contribution is -0.134. The van der Waals surface area contributed by atoms with Crippen LogP contribution in [0.2, 0.25) is 5.02 Å². The number of benzene rings is 2. The van der Waals surface area contributed by atoms with Crippen molar-refractivity contribution < 1.29 is 14.3 Å². The number of ether oxygens (including phenoxy) is 2. The maximum absolute atomic E-state index is 11.6. The smallest absolute Gasteiger partial charge is 0.310 e. The molecule has 2 rings (SSSR count). The zero-order chi connectivity index (χ0) is 17.5. The molecule has 0 radical (unpaired) electrons. The number of hydrogen-bond acceptors (Lipinski definition) is 3. The van der Waals surface area contributed by atoms with Crippen molar-refractivity contribution in [2.24, 2.45) is 0 Å². The summed E-state index contributed by atoms with van der Waals surface area (Å²) in [5.74, 6) is 1.02. The summed E-state index contributed by atoms with van der Waals surface area (Å²) in [4.78, 5) is 11.6. The second-order valence-electron chi connectivity index (χ2n) is 5.47. The van der Waals surface area contributed by atoms with Gasteiger partial charge < -0.3 is 9.47 Å². The van der Waals surface area contributed by atoms with E-state index in [1.807, 2.05) is 30.3 Å². The summed E-state index contributed by atoms with van der Waals surface area (Å²) >= 11 is 6.24. The number of hydrogen-bond donors (Lipinski definition) is 0. The van der Waals surface area contributed by atoms with Gasteiger partial charge in [0.1, 0.15) is 18.1 Å². The van der Waals surface area contributed by atoms with Crippen molar-refractivity contribution in [3.05, 3.63) is 58.1 Å². The van der Waals surface area contributed by atoms with E-state index in [1.54, 1.807) is 13.0 Å². The van der Waals surface area contributed by atoms with Gasteiger partial charge in [0.25, 0.3) is 0 Å². The van der Waals surface area contributed by atoms with E-state index in [0.29, 0.717) is 29.5 Å². The minimum Gasteiger partial charge on any atom is -0.489 e. The third-order valence-electron chi connectivity index (χ3n) is 3.91. The topological polar surface area (TPSA) is 35.5 Å². The van der Waals surface area contributed by atoms with Crippen LogP contribution < -0.4 is 9.47 Å². The molecule has 0 unspecified atom stereocenters. The van der Waals surface area contributed by atoms with Gasteiger partial charge in [-0.1, -0.05) is 50.6 Å². The molecule has 0 aliphatic heterocycles. The average molecular weight is 347 g/mol. The standard InChI is InChI=1S/C20H23ClO3/c1-4-14-8-7-9-19(24-20(22)6-3)17(14)13-23-16-11-10-15(5-2)18(21)12-16/h7-12H,4-6,13H2,1-3H3. The van der Waals surface area contributed by atoms with Crippen LogP contribution in [0.5, 0.6) is 11.5 Å². The number of carbonyl (C=O) groups excluding carboxylic acids is 1. The summed E-state index contributed by atoms with van der Waals surface area (Å²) in [6, 6.07) is 11.4. The predicted octanol–water partition coefficient (Wildman–Crippen LogP) is 5.36. The summed E-state index contributed by atoms with van der Waals surface area (Å²) in [5.41, 5.74) is 3.10. The van der Waals surface area contributed by atoms with Gasteiger partial charge in [0.05, 0.1) is 0 Å². The van der Waals surface area contributed by atoms with Gasteiger partial charge in [-0.2, -0.15) is 0 Å². The van der Waals surface area contributed by atoms with E-state index >= 15 is 0 Å². The lowest BCUT2D eigenvalue weighted by Crippen LogP contribution is -2.10. The Morgan fingerprint density at radius 2 is 1.79 bits per heavy atom. The van der Waals surface area contributed by atoms with Crippen molar-refractivity contribution in [2.45, 2.75) is 46.6 Å². The van der Waals surface area contributed by atoms with Crippen LogP contribution in [0.15, 0.2) is 36.4 Å². The largest absolute Gasteiger partial charge is 0.489 e. The lowest BCUT2D eigenvalue weighted by Gasteiger charge is -2.15. The van der Waals surface area contributed by atoms with Crippen LogP contribution in [0, 0.1) is 0 Å². The van der Waals surface area contributed by atoms with Gasteiger partial charge in [-0.3, -0.25) is 4.79 Å². The van der Waals surface area contributed by atoms with Crippen molar-refractivity contribution in [3.63, 3.8) is 0 Å². The zero-order valence-corrected chi connectivity index (χ0v) is 15.2. The maximum atomic E-state index is 11.6. The second kappa shape index (κ2) is 8.74. The van der Waals surface area contributed by atoms with E-state index in [0.717, 1.165) is 29.5 Å². The van der Waals surface area contributed by atoms with E-state index < -0.39 is 0 Å². The highest BCUT2D eigenvalue weighted by Gasteiger charge is 2.13. The Balaban J connectivity index is 2.21. The molecule has 0 aromatic heterocycles. The van der Waals surface area contributed by atoms with Gasteiger partial charge in [0.15, 0.2) is 0 Å². The first-order valence-electron chi connectivity index (χ1n) is 8.31. The number of halogens is 1. The monoisotopic (exact) mass is 346 g/mol. The summed E-state index contributed by atoms with van der Waals surface area (Å²) in [6.45, 7) is 6.24. The first kappa shape index (κ1) is 18.3. The van der Waals surface area contributed by atoms with Crippen LogP contribution >= 0.6 is 11.6 Å². The van der Waals surface area contributed by atoms with Gasteiger partial charge in [0.2, 0.25) is 0 Å². The molecule has 0 fully saturated rings. The molecule has 0 atom stereocenters. The first-order valence-corrected chi connectivity index (χ1v) is 8.69. The lowest BCUT2D eigenvalue weighted by atomic mass is 10.0. The van der Waals surface area contributed by atoms with E-state index in [-0.39, 0.29) is 5.97 Å². The molecule has 4 heteroatoms. The van der Waals surface area contributed by atoms with Crippen molar-refractivity contribution in [3.8, 4) is 11.5 Å². The number of rotatable bonds is 7. The maximum Gasteiger partial charge on any atom is 0.310 e. The first-order chi connectivity index (χ1) is 11.6. The molecule has 2 aromatic rings. The summed E-state index contributed by atoms with van der Waals surface area (Å²) in [5, 5.41) is 0.705. The quantitative estimate of drug-likeness (QED) is 0.500. The predicted molar refractivity (Wildman–Crippen MR) is 96.9 cm³/mol. The van der Waals surface area contributed by atoms with Crippen LogP contribution in [0.3, 0.4) is 0 Å². The molecule has 2 aromatic carbocycles. The Bertz CT molecular complexity index is 710. The fourth-order valence-electron chi connectivity index (χ4n) is 2.46. The Labute approximate surface area is 148 Å². The van der Waals surface area contributed by atoms with Crippen LogP contribution in [0.1, 0.15) is 43.9 Å². The summed E-state index contributed by atoms with van der Waals surface area (Å²) in [6.07, 6.45) is 2.06. The van der Waals surface area contributed by atoms with E-state index in [1.165, 1.54) is 0 Å². The van der Waals surface area contributed by atoms with Gasteiger partial charge in [0, 0.05) is 17.0 Å². The average Bonchev–Trinajstić information content (AvgIpc) is 2.60. The normalized spacial score (nSPS) is 10.5. The second-order valence-corrected chi connectivity index (χ2v) is 5.88. The highest BCUT2D eigenvalue weighted by molar-refractivity contribution is 6.31. The molecule has 24 heavy (non-hydrogen) atoms. The van der Waals surface area contributed by atoms with Gasteiger partial charge in [-0.25, -0.2) is 0 Å². The fraction of sp³-hybridized carbons (Fsp3) is 0.350. The third kappa shape index (κ3) is 4.51. The van der Waals surface area contributed by atoms with Gasteiger partial charge in [-0.15, -0.1) is 0 Å². The van der Waals surface area contributed by atoms with Crippen LogP contribution in [-0.2, 0) is 24.2 Å². The molecule has 3 nitrogen and oxygen atoms in total. The molecule has 0 heterocycles. The summed E-state index contributed by atoms with van der Waals surface area (Å²) in [7, 11) is 0. The molecular weight excluding hydrogens is 324 g/mol. The van der Waals surface area contributed by atoms with Crippen molar-refractivity contribution in [2.75, 3.05) is 0 Å². The summed E-state index contributed by atoms with van der Waals surface area (Å²) < 4.78 is 11.3. The molecule has 0 aliphatic carbocycles. The number of esters is 1. The molecule has 0 bridgehead atoms. The van der Waals surface area contributed by atoms with Crippen molar-refractivity contribution in [1.29, 1.82) is 0 Å². The zero-order valence-electron chi connectivity index (χ0n) is 14.4. The van der Waals surface area contributed by atoms with Crippen molar-refractivity contribution in [1.82, 2.24) is 0 Å². The minimum atomic E-state index is -0.250. The molecule has 0 spiro atoms.